The molecule has 0 saturated carbocycles. The largest absolute Gasteiger partial charge is 0.481 e. The molecule has 1 rings (SSSR count). The topological polar surface area (TPSA) is 78.9 Å². The number of amides is 2. The van der Waals surface area contributed by atoms with Crippen molar-refractivity contribution in [3.63, 3.8) is 0 Å². The van der Waals surface area contributed by atoms with Crippen molar-refractivity contribution in [2.75, 3.05) is 20.2 Å². The van der Waals surface area contributed by atoms with Crippen molar-refractivity contribution in [3.05, 3.63) is 0 Å². The van der Waals surface area contributed by atoms with Crippen LogP contribution in [0.3, 0.4) is 0 Å². The van der Waals surface area contributed by atoms with Gasteiger partial charge in [0, 0.05) is 32.2 Å². The predicted octanol–water partition coefficient (Wildman–Crippen LogP) is 1.45. The molecule has 1 aliphatic heterocycles. The molecule has 0 aromatic heterocycles. The molecule has 1 heterocycles. The highest BCUT2D eigenvalue weighted by atomic mass is 16.5. The number of urea groups is 1. The number of nitrogens with zero attached hydrogens (tertiary/aromatic N) is 1. The van der Waals surface area contributed by atoms with Crippen LogP contribution >= 0.6 is 0 Å². The van der Waals surface area contributed by atoms with Crippen LogP contribution < -0.4 is 5.32 Å². The molecule has 0 spiro atoms. The minimum absolute atomic E-state index is 0.0546. The van der Waals surface area contributed by atoms with Gasteiger partial charge in [-0.25, -0.2) is 4.79 Å². The molecule has 1 fully saturated rings. The number of piperidine rings is 1. The van der Waals surface area contributed by atoms with Crippen molar-refractivity contribution < 1.29 is 19.4 Å². The van der Waals surface area contributed by atoms with Crippen LogP contribution in [-0.4, -0.2) is 53.8 Å². The third-order valence-corrected chi connectivity index (χ3v) is 3.47. The lowest BCUT2D eigenvalue weighted by atomic mass is 9.98. The lowest BCUT2D eigenvalue weighted by Gasteiger charge is -2.34. The average Bonchev–Trinajstić information content (AvgIpc) is 2.36. The molecule has 2 N–H and O–H groups in total. The fourth-order valence-electron chi connectivity index (χ4n) is 2.15. The van der Waals surface area contributed by atoms with Crippen LogP contribution in [0.25, 0.3) is 0 Å². The van der Waals surface area contributed by atoms with Gasteiger partial charge in [0.05, 0.1) is 6.10 Å². The first-order valence-corrected chi connectivity index (χ1v) is 6.66. The van der Waals surface area contributed by atoms with Gasteiger partial charge >= 0.3 is 12.0 Å². The molecule has 0 aliphatic carbocycles. The fraction of sp³-hybridized carbons (Fsp3) is 0.846. The highest BCUT2D eigenvalue weighted by Gasteiger charge is 2.27. The van der Waals surface area contributed by atoms with Gasteiger partial charge in [-0.15, -0.1) is 0 Å². The maximum absolute atomic E-state index is 12.1. The molecular formula is C13H24N2O4. The Hall–Kier alpha value is -1.30. The van der Waals surface area contributed by atoms with E-state index in [1.165, 1.54) is 0 Å². The Balaban J connectivity index is 2.39. The van der Waals surface area contributed by atoms with Gasteiger partial charge in [-0.3, -0.25) is 4.79 Å². The Bertz CT molecular complexity index is 323. The number of ether oxygens (including phenoxy) is 1. The summed E-state index contributed by atoms with van der Waals surface area (Å²) < 4.78 is 5.26. The zero-order chi connectivity index (χ0) is 14.5. The van der Waals surface area contributed by atoms with E-state index in [9.17, 15) is 9.59 Å². The molecule has 6 heteroatoms. The number of carboxylic acids is 1. The quantitative estimate of drug-likeness (QED) is 0.794. The van der Waals surface area contributed by atoms with Crippen LogP contribution in [0.1, 0.15) is 39.5 Å². The number of rotatable bonds is 5. The van der Waals surface area contributed by atoms with E-state index in [0.717, 1.165) is 12.8 Å². The van der Waals surface area contributed by atoms with Crippen molar-refractivity contribution in [1.82, 2.24) is 10.2 Å². The van der Waals surface area contributed by atoms with Gasteiger partial charge in [0.15, 0.2) is 0 Å². The lowest BCUT2D eigenvalue weighted by molar-refractivity contribution is -0.137. The summed E-state index contributed by atoms with van der Waals surface area (Å²) in [6, 6.07) is -0.120. The van der Waals surface area contributed by atoms with Crippen molar-refractivity contribution >= 4 is 12.0 Å². The summed E-state index contributed by atoms with van der Waals surface area (Å²) in [5, 5.41) is 11.6. The van der Waals surface area contributed by atoms with E-state index in [0.29, 0.717) is 19.5 Å². The molecule has 19 heavy (non-hydrogen) atoms. The Kier molecular flexibility index (Phi) is 5.60. The summed E-state index contributed by atoms with van der Waals surface area (Å²) in [7, 11) is 1.69. The van der Waals surface area contributed by atoms with Gasteiger partial charge in [0.1, 0.15) is 0 Å². The van der Waals surface area contributed by atoms with Crippen LogP contribution in [-0.2, 0) is 9.53 Å². The molecule has 1 aliphatic rings. The smallest absolute Gasteiger partial charge is 0.317 e. The molecular weight excluding hydrogens is 248 g/mol. The minimum Gasteiger partial charge on any atom is -0.481 e. The number of carboxylic acid groups (broad SMARTS) is 1. The second-order valence-corrected chi connectivity index (χ2v) is 5.63. The van der Waals surface area contributed by atoms with Crippen LogP contribution in [0.2, 0.25) is 0 Å². The van der Waals surface area contributed by atoms with Gasteiger partial charge in [0.25, 0.3) is 0 Å². The van der Waals surface area contributed by atoms with E-state index >= 15 is 0 Å². The molecule has 2 amide bonds. The summed E-state index contributed by atoms with van der Waals surface area (Å²) in [5.41, 5.74) is -0.506. The molecule has 1 saturated heterocycles. The Labute approximate surface area is 114 Å². The Morgan fingerprint density at radius 2 is 1.95 bits per heavy atom. The predicted molar refractivity (Wildman–Crippen MR) is 71.1 cm³/mol. The Morgan fingerprint density at radius 1 is 1.37 bits per heavy atom. The second kappa shape index (κ2) is 6.75. The second-order valence-electron chi connectivity index (χ2n) is 5.63. The summed E-state index contributed by atoms with van der Waals surface area (Å²) in [6.07, 6.45) is 2.41. The van der Waals surface area contributed by atoms with Gasteiger partial charge in [-0.1, -0.05) is 0 Å². The number of nitrogens with one attached hydrogen (secondary N) is 1. The summed E-state index contributed by atoms with van der Waals surface area (Å²) >= 11 is 0. The summed E-state index contributed by atoms with van der Waals surface area (Å²) in [6.45, 7) is 5.05. The molecule has 0 bridgehead atoms. The molecule has 0 aromatic rings. The van der Waals surface area contributed by atoms with E-state index < -0.39 is 11.5 Å². The van der Waals surface area contributed by atoms with Gasteiger partial charge in [0.2, 0.25) is 0 Å². The number of methoxy groups -OCH3 is 1. The molecule has 0 unspecified atom stereocenters. The zero-order valence-electron chi connectivity index (χ0n) is 11.9. The summed E-state index contributed by atoms with van der Waals surface area (Å²) in [5.74, 6) is -0.844. The number of carbonyl (C=O) groups is 2. The fourth-order valence-corrected chi connectivity index (χ4v) is 2.15. The van der Waals surface area contributed by atoms with Crippen LogP contribution in [0.5, 0.6) is 0 Å². The van der Waals surface area contributed by atoms with Crippen LogP contribution in [0, 0.1) is 0 Å². The molecule has 6 nitrogen and oxygen atoms in total. The van der Waals surface area contributed by atoms with Crippen molar-refractivity contribution in [2.24, 2.45) is 0 Å². The van der Waals surface area contributed by atoms with Crippen LogP contribution in [0.15, 0.2) is 0 Å². The molecule has 0 aromatic carbocycles. The van der Waals surface area contributed by atoms with E-state index in [2.05, 4.69) is 5.32 Å². The normalized spacial score (nSPS) is 17.3. The zero-order valence-corrected chi connectivity index (χ0v) is 11.9. The number of carbonyl (C=O) groups excluding carboxylic acids is 1. The first-order chi connectivity index (χ1) is 8.84. The first kappa shape index (κ1) is 15.8. The highest BCUT2D eigenvalue weighted by molar-refractivity contribution is 5.75. The van der Waals surface area contributed by atoms with Gasteiger partial charge < -0.3 is 20.1 Å². The number of aliphatic carboxylic acids is 1. The monoisotopic (exact) mass is 272 g/mol. The first-order valence-electron chi connectivity index (χ1n) is 6.66. The average molecular weight is 272 g/mol. The molecule has 110 valence electrons. The van der Waals surface area contributed by atoms with Crippen molar-refractivity contribution in [2.45, 2.75) is 51.2 Å². The van der Waals surface area contributed by atoms with E-state index in [-0.39, 0.29) is 18.6 Å². The summed E-state index contributed by atoms with van der Waals surface area (Å²) in [4.78, 5) is 24.4. The van der Waals surface area contributed by atoms with E-state index in [1.54, 1.807) is 12.0 Å². The van der Waals surface area contributed by atoms with Crippen molar-refractivity contribution in [3.8, 4) is 0 Å². The third kappa shape index (κ3) is 5.46. The molecule has 0 atom stereocenters. The SMILES string of the molecule is COC1CCN(C(=O)NC(C)(C)CCC(=O)O)CC1. The number of likely N-dealkylation sites (tertiary alicyclic amines) is 1. The maximum atomic E-state index is 12.1. The van der Waals surface area contributed by atoms with Gasteiger partial charge in [-0.05, 0) is 33.1 Å². The van der Waals surface area contributed by atoms with E-state index in [4.69, 9.17) is 9.84 Å². The minimum atomic E-state index is -0.844. The maximum Gasteiger partial charge on any atom is 0.317 e. The van der Waals surface area contributed by atoms with Crippen molar-refractivity contribution in [1.29, 1.82) is 0 Å². The number of hydrogen-bond acceptors (Lipinski definition) is 3. The third-order valence-electron chi connectivity index (χ3n) is 3.47. The number of hydrogen-bond donors (Lipinski definition) is 2. The molecule has 0 radical (unpaired) electrons. The van der Waals surface area contributed by atoms with E-state index in [1.807, 2.05) is 13.8 Å². The van der Waals surface area contributed by atoms with Gasteiger partial charge in [-0.2, -0.15) is 0 Å². The standard InChI is InChI=1S/C13H24N2O4/c1-13(2,7-4-11(16)17)14-12(18)15-8-5-10(19-3)6-9-15/h10H,4-9H2,1-3H3,(H,14,18)(H,16,17). The van der Waals surface area contributed by atoms with Crippen LogP contribution in [0.4, 0.5) is 4.79 Å². The Morgan fingerprint density at radius 3 is 2.42 bits per heavy atom. The lowest BCUT2D eigenvalue weighted by Crippen LogP contribution is -2.52. The highest BCUT2D eigenvalue weighted by Crippen LogP contribution is 2.16.